The van der Waals surface area contributed by atoms with Crippen LogP contribution in [-0.2, 0) is 16.5 Å². The van der Waals surface area contributed by atoms with Crippen LogP contribution in [0, 0.1) is 11.8 Å². The minimum absolute atomic E-state index is 0.472. The number of hydrogen-bond donors (Lipinski definition) is 0. The van der Waals surface area contributed by atoms with Crippen LogP contribution in [0.5, 0.6) is 0 Å². The number of rotatable bonds is 0. The van der Waals surface area contributed by atoms with E-state index in [2.05, 4.69) is 24.5 Å². The molecule has 0 aromatic carbocycles. The van der Waals surface area contributed by atoms with Gasteiger partial charge in [-0.05, 0) is 0 Å². The molecule has 0 bridgehead atoms. The van der Waals surface area contributed by atoms with Crippen molar-refractivity contribution in [3.8, 4) is 0 Å². The summed E-state index contributed by atoms with van der Waals surface area (Å²) < 4.78 is 0. The molecule has 106 valence electrons. The normalized spacial score (nSPS) is 28.5. The Morgan fingerprint density at radius 3 is 1.35 bits per heavy atom. The third kappa shape index (κ3) is 13.4. The van der Waals surface area contributed by atoms with Crippen molar-refractivity contribution in [3.63, 3.8) is 0 Å². The molecule has 0 aromatic rings. The van der Waals surface area contributed by atoms with Gasteiger partial charge in [0, 0.05) is 0 Å². The Bertz CT molecular complexity index is 133. The zero-order valence-corrected chi connectivity index (χ0v) is 14.6. The summed E-state index contributed by atoms with van der Waals surface area (Å²) in [6.07, 6.45) is 5.43. The van der Waals surface area contributed by atoms with Crippen molar-refractivity contribution in [2.45, 2.75) is 39.5 Å². The predicted molar refractivity (Wildman–Crippen MR) is 74.7 cm³/mol. The third-order valence-electron chi connectivity index (χ3n) is 2.91. The van der Waals surface area contributed by atoms with Crippen LogP contribution >= 0.6 is 18.8 Å². The number of nitrogens with zero attached hydrogens (tertiary/aromatic N) is 2. The molecule has 2 aliphatic rings. The molecule has 0 aromatic heterocycles. The predicted octanol–water partition coefficient (Wildman–Crippen LogP) is 4.96. The second-order valence-corrected chi connectivity index (χ2v) is 8.08. The van der Waals surface area contributed by atoms with Gasteiger partial charge >= 0.3 is 35.3 Å². The summed E-state index contributed by atoms with van der Waals surface area (Å²) in [5.74, 6) is 1.74. The standard InChI is InChI=1S/2C6H12N.2ClH.Pt/c2*1-6-3-2-4-7-5-6;;;/h2*6H,2-5H2,1H3;2*1H;/q2*-1;;;+4/p-2/t2*6-;;;/m00.../s1. The second kappa shape index (κ2) is 13.6. The first-order valence-corrected chi connectivity index (χ1v) is 11.9. The minimum atomic E-state index is -0.472. The van der Waals surface area contributed by atoms with Gasteiger partial charge in [-0.15, -0.1) is 26.2 Å². The van der Waals surface area contributed by atoms with E-state index in [9.17, 15) is 0 Å². The molecular weight excluding hydrogens is 438 g/mol. The average molecular weight is 462 g/mol. The van der Waals surface area contributed by atoms with Gasteiger partial charge in [-0.25, -0.2) is 0 Å². The quantitative estimate of drug-likeness (QED) is 0.487. The van der Waals surface area contributed by atoms with Crippen molar-refractivity contribution in [1.29, 1.82) is 0 Å². The van der Waals surface area contributed by atoms with Crippen LogP contribution in [0.4, 0.5) is 0 Å². The monoisotopic (exact) mass is 461 g/mol. The summed E-state index contributed by atoms with van der Waals surface area (Å²) in [4.78, 5) is 0. The van der Waals surface area contributed by atoms with Crippen molar-refractivity contribution in [2.24, 2.45) is 11.8 Å². The Kier molecular flexibility index (Phi) is 14.6. The van der Waals surface area contributed by atoms with Crippen molar-refractivity contribution in [1.82, 2.24) is 0 Å². The Hall–Kier alpha value is 1.19. The van der Waals surface area contributed by atoms with E-state index in [1.807, 2.05) is 0 Å². The van der Waals surface area contributed by atoms with Crippen LogP contribution in [0.2, 0.25) is 0 Å². The molecule has 0 saturated carbocycles. The molecule has 2 nitrogen and oxygen atoms in total. The molecule has 0 aliphatic carbocycles. The first kappa shape index (κ1) is 18.2. The summed E-state index contributed by atoms with van der Waals surface area (Å²) in [6.45, 7) is 8.99. The molecule has 0 unspecified atom stereocenters. The number of halogens is 2. The molecule has 0 radical (unpaired) electrons. The molecule has 2 atom stereocenters. The van der Waals surface area contributed by atoms with Crippen molar-refractivity contribution in [2.75, 3.05) is 26.2 Å². The molecule has 2 saturated heterocycles. The van der Waals surface area contributed by atoms with Gasteiger partial charge in [0.05, 0.1) is 0 Å². The van der Waals surface area contributed by atoms with Crippen LogP contribution in [0.1, 0.15) is 39.5 Å². The second-order valence-electron chi connectivity index (χ2n) is 4.80. The van der Waals surface area contributed by atoms with Crippen molar-refractivity contribution >= 4 is 18.8 Å². The summed E-state index contributed by atoms with van der Waals surface area (Å²) in [7, 11) is 9.75. The first-order chi connectivity index (χ1) is 8.20. The Balaban J connectivity index is 0.000000247. The van der Waals surface area contributed by atoms with E-state index in [4.69, 9.17) is 18.8 Å². The molecule has 2 aliphatic heterocycles. The van der Waals surface area contributed by atoms with E-state index in [0.29, 0.717) is 0 Å². The zero-order valence-electron chi connectivity index (χ0n) is 10.8. The van der Waals surface area contributed by atoms with Crippen LogP contribution in [0.15, 0.2) is 0 Å². The molecule has 5 heteroatoms. The third-order valence-corrected chi connectivity index (χ3v) is 2.91. The summed E-state index contributed by atoms with van der Waals surface area (Å²) in [5, 5.41) is 8.52. The fraction of sp³-hybridized carbons (Fsp3) is 1.00. The van der Waals surface area contributed by atoms with E-state index >= 15 is 0 Å². The van der Waals surface area contributed by atoms with Crippen LogP contribution in [-0.4, -0.2) is 26.2 Å². The van der Waals surface area contributed by atoms with Crippen LogP contribution in [0.25, 0.3) is 10.6 Å². The van der Waals surface area contributed by atoms with Gasteiger partial charge in [0.2, 0.25) is 0 Å². The van der Waals surface area contributed by atoms with Gasteiger partial charge in [-0.1, -0.05) is 51.4 Å². The van der Waals surface area contributed by atoms with E-state index in [0.717, 1.165) is 38.0 Å². The van der Waals surface area contributed by atoms with Crippen LogP contribution in [0.3, 0.4) is 0 Å². The van der Waals surface area contributed by atoms with Crippen LogP contribution < -0.4 is 0 Å². The van der Waals surface area contributed by atoms with Crippen molar-refractivity contribution in [3.05, 3.63) is 10.6 Å². The average Bonchev–Trinajstić information content (AvgIpc) is 2.33. The van der Waals surface area contributed by atoms with E-state index in [1.54, 1.807) is 0 Å². The summed E-state index contributed by atoms with van der Waals surface area (Å²) >= 11 is -0.472. The van der Waals surface area contributed by atoms with Crippen molar-refractivity contribution < 1.29 is 16.5 Å². The maximum atomic E-state index is 4.88. The summed E-state index contributed by atoms with van der Waals surface area (Å²) in [5.41, 5.74) is 0. The zero-order chi connectivity index (χ0) is 12.9. The molecule has 2 rings (SSSR count). The first-order valence-electron chi connectivity index (χ1n) is 6.29. The van der Waals surface area contributed by atoms with Gasteiger partial charge in [-0.3, -0.25) is 0 Å². The summed E-state index contributed by atoms with van der Waals surface area (Å²) in [6, 6.07) is 0. The van der Waals surface area contributed by atoms with Gasteiger partial charge in [0.15, 0.2) is 0 Å². The molecule has 17 heavy (non-hydrogen) atoms. The number of piperidine rings is 2. The Morgan fingerprint density at radius 2 is 1.24 bits per heavy atom. The van der Waals surface area contributed by atoms with Gasteiger partial charge in [0.1, 0.15) is 0 Å². The van der Waals surface area contributed by atoms with E-state index < -0.39 is 16.5 Å². The molecule has 0 spiro atoms. The van der Waals surface area contributed by atoms with Gasteiger partial charge in [-0.2, -0.15) is 0 Å². The fourth-order valence-electron chi connectivity index (χ4n) is 1.91. The molecule has 2 heterocycles. The molecule has 2 fully saturated rings. The number of hydrogen-bond acceptors (Lipinski definition) is 0. The molecule has 0 amide bonds. The van der Waals surface area contributed by atoms with E-state index in [1.165, 1.54) is 25.7 Å². The van der Waals surface area contributed by atoms with Gasteiger partial charge < -0.3 is 10.6 Å². The van der Waals surface area contributed by atoms with E-state index in [-0.39, 0.29) is 0 Å². The van der Waals surface area contributed by atoms with Gasteiger partial charge in [0.25, 0.3) is 0 Å². The fourth-order valence-corrected chi connectivity index (χ4v) is 1.91. The maximum absolute atomic E-state index is 4.88. The topological polar surface area (TPSA) is 28.2 Å². The Labute approximate surface area is 123 Å². The SMILES string of the molecule is C[C@H]1CCC[N-]C1.C[C@H]1CCC[N-]C1.[Cl][Pt+2][Cl]. The molecular formula is C12H24Cl2N2Pt. The Morgan fingerprint density at radius 1 is 0.882 bits per heavy atom. The molecule has 0 N–H and O–H groups in total.